The Balaban J connectivity index is 2.72. The van der Waals surface area contributed by atoms with Crippen LogP contribution in [0.4, 0.5) is 0 Å². The fourth-order valence-electron chi connectivity index (χ4n) is 1.79. The number of carboxylic acid groups (broad SMARTS) is 1. The van der Waals surface area contributed by atoms with Gasteiger partial charge in [0.25, 0.3) is 5.91 Å². The first-order valence-electron chi connectivity index (χ1n) is 4.27. The third-order valence-electron chi connectivity index (χ3n) is 2.49. The van der Waals surface area contributed by atoms with Crippen LogP contribution in [0.3, 0.4) is 0 Å². The number of hydrogen-bond donors (Lipinski definition) is 1. The molecule has 0 aromatic rings. The van der Waals surface area contributed by atoms with Crippen molar-refractivity contribution in [3.63, 3.8) is 0 Å². The van der Waals surface area contributed by atoms with E-state index in [1.165, 1.54) is 0 Å². The second-order valence-corrected chi connectivity index (χ2v) is 3.27. The van der Waals surface area contributed by atoms with E-state index >= 15 is 0 Å². The molecule has 0 spiro atoms. The monoisotopic (exact) mass is 185 g/mol. The molecule has 1 aliphatic rings. The van der Waals surface area contributed by atoms with Gasteiger partial charge in [-0.2, -0.15) is 0 Å². The maximum atomic E-state index is 10.9. The van der Waals surface area contributed by atoms with Gasteiger partial charge in [-0.1, -0.05) is 12.8 Å². The summed E-state index contributed by atoms with van der Waals surface area (Å²) in [6.45, 7) is 0. The van der Waals surface area contributed by atoms with Crippen molar-refractivity contribution in [2.24, 2.45) is 17.0 Å². The molecule has 0 aromatic carbocycles. The molecule has 1 rings (SSSR count). The Morgan fingerprint density at radius 3 is 2.15 bits per heavy atom. The van der Waals surface area contributed by atoms with Crippen LogP contribution in [0.25, 0.3) is 0 Å². The summed E-state index contributed by atoms with van der Waals surface area (Å²) in [7, 11) is 0. The summed E-state index contributed by atoms with van der Waals surface area (Å²) in [6.07, 6.45) is 2.55. The molecule has 1 amide bonds. The predicted octanol–water partition coefficient (Wildman–Crippen LogP) is 1.17. The maximum absolute atomic E-state index is 10.9. The van der Waals surface area contributed by atoms with Crippen molar-refractivity contribution in [1.29, 1.82) is 0 Å². The van der Waals surface area contributed by atoms with E-state index < -0.39 is 23.7 Å². The standard InChI is InChI=1S/C8H11NO4/c10-7(9-13)5-3-1-2-4-6(5)8(11)12/h5-6H,1-4H2,(H,11,12). The summed E-state index contributed by atoms with van der Waals surface area (Å²) in [6, 6.07) is 0. The average Bonchev–Trinajstić information content (AvgIpc) is 2.16. The Labute approximate surface area is 75.1 Å². The number of amides is 1. The van der Waals surface area contributed by atoms with Crippen LogP contribution in [-0.2, 0) is 9.59 Å². The second kappa shape index (κ2) is 4.11. The van der Waals surface area contributed by atoms with Gasteiger partial charge in [-0.05, 0) is 12.8 Å². The molecular weight excluding hydrogens is 174 g/mol. The van der Waals surface area contributed by atoms with Crippen LogP contribution in [-0.4, -0.2) is 17.0 Å². The van der Waals surface area contributed by atoms with Crippen molar-refractivity contribution < 1.29 is 14.7 Å². The van der Waals surface area contributed by atoms with E-state index in [4.69, 9.17) is 5.11 Å². The number of aliphatic carboxylic acids is 1. The lowest BCUT2D eigenvalue weighted by atomic mass is 9.79. The molecular formula is C8H11NO4. The summed E-state index contributed by atoms with van der Waals surface area (Å²) < 4.78 is 0. The highest BCUT2D eigenvalue weighted by atomic mass is 16.4. The van der Waals surface area contributed by atoms with Crippen molar-refractivity contribution in [3.8, 4) is 0 Å². The van der Waals surface area contributed by atoms with E-state index in [2.05, 4.69) is 5.18 Å². The van der Waals surface area contributed by atoms with Crippen LogP contribution in [0.15, 0.2) is 5.18 Å². The average molecular weight is 185 g/mol. The minimum absolute atomic E-state index is 0.473. The summed E-state index contributed by atoms with van der Waals surface area (Å²) >= 11 is 0. The Kier molecular flexibility index (Phi) is 3.11. The number of hydrogen-bond acceptors (Lipinski definition) is 3. The Morgan fingerprint density at radius 1 is 1.15 bits per heavy atom. The van der Waals surface area contributed by atoms with Gasteiger partial charge in [-0.15, -0.1) is 4.91 Å². The molecule has 1 fully saturated rings. The highest BCUT2D eigenvalue weighted by Gasteiger charge is 2.36. The molecule has 72 valence electrons. The highest BCUT2D eigenvalue weighted by molar-refractivity contribution is 5.85. The summed E-state index contributed by atoms with van der Waals surface area (Å²) in [5, 5.41) is 11.0. The number of carboxylic acids is 1. The van der Waals surface area contributed by atoms with Crippen molar-refractivity contribution in [2.75, 3.05) is 0 Å². The summed E-state index contributed by atoms with van der Waals surface area (Å²) in [5.41, 5.74) is 0. The molecule has 5 heteroatoms. The largest absolute Gasteiger partial charge is 0.481 e. The molecule has 13 heavy (non-hydrogen) atoms. The van der Waals surface area contributed by atoms with Crippen LogP contribution in [0.1, 0.15) is 25.7 Å². The molecule has 2 atom stereocenters. The zero-order valence-corrected chi connectivity index (χ0v) is 7.10. The van der Waals surface area contributed by atoms with Crippen LogP contribution in [0, 0.1) is 16.7 Å². The fraction of sp³-hybridized carbons (Fsp3) is 0.750. The van der Waals surface area contributed by atoms with Gasteiger partial charge in [0.2, 0.25) is 0 Å². The number of rotatable bonds is 2. The van der Waals surface area contributed by atoms with Crippen LogP contribution < -0.4 is 0 Å². The van der Waals surface area contributed by atoms with E-state index in [1.54, 1.807) is 0 Å². The highest BCUT2D eigenvalue weighted by Crippen LogP contribution is 2.31. The topological polar surface area (TPSA) is 83.8 Å². The maximum Gasteiger partial charge on any atom is 0.307 e. The molecule has 0 saturated heterocycles. The van der Waals surface area contributed by atoms with Gasteiger partial charge in [0, 0.05) is 5.18 Å². The predicted molar refractivity (Wildman–Crippen MR) is 43.9 cm³/mol. The van der Waals surface area contributed by atoms with E-state index in [0.29, 0.717) is 12.8 Å². The third-order valence-corrected chi connectivity index (χ3v) is 2.49. The molecule has 0 bridgehead atoms. The quantitative estimate of drug-likeness (QED) is 0.654. The van der Waals surface area contributed by atoms with E-state index in [-0.39, 0.29) is 0 Å². The van der Waals surface area contributed by atoms with Gasteiger partial charge in [-0.3, -0.25) is 9.59 Å². The molecule has 1 saturated carbocycles. The lowest BCUT2D eigenvalue weighted by Crippen LogP contribution is -2.31. The lowest BCUT2D eigenvalue weighted by Gasteiger charge is -2.24. The number of carbonyl (C=O) groups is 2. The molecule has 2 unspecified atom stereocenters. The van der Waals surface area contributed by atoms with Gasteiger partial charge >= 0.3 is 5.97 Å². The van der Waals surface area contributed by atoms with Gasteiger partial charge in [-0.25, -0.2) is 0 Å². The number of nitroso groups, excluding NO2 is 1. The molecule has 0 aromatic heterocycles. The Hall–Kier alpha value is -1.26. The van der Waals surface area contributed by atoms with Crippen molar-refractivity contribution in [3.05, 3.63) is 4.91 Å². The van der Waals surface area contributed by atoms with Crippen molar-refractivity contribution in [1.82, 2.24) is 0 Å². The first-order chi connectivity index (χ1) is 6.16. The summed E-state index contributed by atoms with van der Waals surface area (Å²) in [4.78, 5) is 31.6. The number of nitrogens with zero attached hydrogens (tertiary/aromatic N) is 1. The van der Waals surface area contributed by atoms with E-state index in [9.17, 15) is 14.5 Å². The zero-order valence-electron chi connectivity index (χ0n) is 7.10. The first kappa shape index (κ1) is 9.83. The van der Waals surface area contributed by atoms with E-state index in [1.807, 2.05) is 0 Å². The number of carbonyl (C=O) groups excluding carboxylic acids is 1. The molecule has 0 radical (unpaired) electrons. The SMILES string of the molecule is O=NC(=O)C1CCCCC1C(=O)O. The minimum atomic E-state index is -0.998. The summed E-state index contributed by atoms with van der Waals surface area (Å²) in [5.74, 6) is -3.21. The normalized spacial score (nSPS) is 28.0. The van der Waals surface area contributed by atoms with Crippen LogP contribution in [0.2, 0.25) is 0 Å². The van der Waals surface area contributed by atoms with Crippen LogP contribution >= 0.6 is 0 Å². The van der Waals surface area contributed by atoms with Crippen molar-refractivity contribution >= 4 is 11.9 Å². The molecule has 1 N–H and O–H groups in total. The third kappa shape index (κ3) is 2.11. The Bertz CT molecular complexity index is 238. The van der Waals surface area contributed by atoms with E-state index in [0.717, 1.165) is 12.8 Å². The van der Waals surface area contributed by atoms with Crippen molar-refractivity contribution in [2.45, 2.75) is 25.7 Å². The molecule has 1 aliphatic carbocycles. The molecule has 0 heterocycles. The molecule has 5 nitrogen and oxygen atoms in total. The Morgan fingerprint density at radius 2 is 1.69 bits per heavy atom. The molecule has 0 aliphatic heterocycles. The van der Waals surface area contributed by atoms with Gasteiger partial charge in [0.05, 0.1) is 11.8 Å². The first-order valence-corrected chi connectivity index (χ1v) is 4.27. The van der Waals surface area contributed by atoms with Gasteiger partial charge in [0.15, 0.2) is 0 Å². The van der Waals surface area contributed by atoms with Gasteiger partial charge < -0.3 is 5.11 Å². The second-order valence-electron chi connectivity index (χ2n) is 3.27. The zero-order chi connectivity index (χ0) is 9.84. The fourth-order valence-corrected chi connectivity index (χ4v) is 1.79. The van der Waals surface area contributed by atoms with Crippen LogP contribution in [0.5, 0.6) is 0 Å². The lowest BCUT2D eigenvalue weighted by molar-refractivity contribution is -0.148. The smallest absolute Gasteiger partial charge is 0.307 e. The van der Waals surface area contributed by atoms with Gasteiger partial charge in [0.1, 0.15) is 0 Å². The minimum Gasteiger partial charge on any atom is -0.481 e.